The lowest BCUT2D eigenvalue weighted by Gasteiger charge is -2.19. The van der Waals surface area contributed by atoms with E-state index in [0.717, 1.165) is 5.75 Å². The van der Waals surface area contributed by atoms with Crippen molar-refractivity contribution in [3.63, 3.8) is 0 Å². The van der Waals surface area contributed by atoms with Crippen molar-refractivity contribution in [1.82, 2.24) is 0 Å². The van der Waals surface area contributed by atoms with Gasteiger partial charge in [0.25, 0.3) is 0 Å². The van der Waals surface area contributed by atoms with Gasteiger partial charge < -0.3 is 4.74 Å². The first-order valence-electron chi connectivity index (χ1n) is 6.04. The van der Waals surface area contributed by atoms with Crippen molar-refractivity contribution in [3.05, 3.63) is 29.8 Å². The van der Waals surface area contributed by atoms with Gasteiger partial charge in [-0.25, -0.2) is 0 Å². The predicted molar refractivity (Wildman–Crippen MR) is 74.9 cm³/mol. The number of ether oxygens (including phenoxy) is 1. The highest BCUT2D eigenvalue weighted by atomic mass is 35.5. The lowest BCUT2D eigenvalue weighted by Crippen LogP contribution is -2.20. The van der Waals surface area contributed by atoms with Crippen LogP contribution in [0.4, 0.5) is 0 Å². The van der Waals surface area contributed by atoms with E-state index >= 15 is 0 Å². The van der Waals surface area contributed by atoms with Crippen LogP contribution in [0.1, 0.15) is 32.3 Å². The molecule has 1 heterocycles. The molecule has 0 aliphatic carbocycles. The molecule has 94 valence electrons. The number of alkyl halides is 1. The van der Waals surface area contributed by atoms with E-state index in [1.54, 1.807) is 0 Å². The first-order valence-corrected chi connectivity index (χ1v) is 7.56. The SMILES string of the molecule is CC1(C)CCC(CSc2ccc(CCl)cc2)O1. The van der Waals surface area contributed by atoms with E-state index in [2.05, 4.69) is 38.1 Å². The van der Waals surface area contributed by atoms with Crippen LogP contribution < -0.4 is 0 Å². The molecule has 1 nitrogen and oxygen atoms in total. The average Bonchev–Trinajstić information content (AvgIpc) is 2.67. The molecule has 17 heavy (non-hydrogen) atoms. The summed E-state index contributed by atoms with van der Waals surface area (Å²) >= 11 is 7.63. The first-order chi connectivity index (χ1) is 8.09. The molecule has 1 aromatic rings. The number of hydrogen-bond acceptors (Lipinski definition) is 2. The van der Waals surface area contributed by atoms with Crippen LogP contribution in [0.25, 0.3) is 0 Å². The number of hydrogen-bond donors (Lipinski definition) is 0. The molecule has 1 aliphatic heterocycles. The van der Waals surface area contributed by atoms with Gasteiger partial charge in [0.2, 0.25) is 0 Å². The fourth-order valence-electron chi connectivity index (χ4n) is 2.06. The van der Waals surface area contributed by atoms with E-state index in [9.17, 15) is 0 Å². The van der Waals surface area contributed by atoms with Crippen molar-refractivity contribution in [3.8, 4) is 0 Å². The minimum atomic E-state index is 0.0771. The Bertz CT molecular complexity index is 361. The molecule has 0 bridgehead atoms. The number of benzene rings is 1. The zero-order chi connectivity index (χ0) is 12.3. The topological polar surface area (TPSA) is 9.23 Å². The summed E-state index contributed by atoms with van der Waals surface area (Å²) in [6.07, 6.45) is 2.76. The Morgan fingerprint density at radius 1 is 1.35 bits per heavy atom. The second-order valence-corrected chi connectivity index (χ2v) is 6.49. The third kappa shape index (κ3) is 3.90. The highest BCUT2D eigenvalue weighted by Crippen LogP contribution is 2.32. The van der Waals surface area contributed by atoms with E-state index in [-0.39, 0.29) is 5.60 Å². The minimum absolute atomic E-state index is 0.0771. The fourth-order valence-corrected chi connectivity index (χ4v) is 3.18. The molecule has 0 radical (unpaired) electrons. The zero-order valence-electron chi connectivity index (χ0n) is 10.4. The van der Waals surface area contributed by atoms with Crippen molar-refractivity contribution in [2.24, 2.45) is 0 Å². The standard InChI is InChI=1S/C14H19ClOS/c1-14(2)8-7-12(16-14)10-17-13-5-3-11(9-15)4-6-13/h3-6,12H,7-10H2,1-2H3. The molecule has 3 heteroatoms. The van der Waals surface area contributed by atoms with Crippen LogP contribution >= 0.6 is 23.4 Å². The summed E-state index contributed by atoms with van der Waals surface area (Å²) in [5.74, 6) is 1.63. The van der Waals surface area contributed by atoms with Crippen molar-refractivity contribution >= 4 is 23.4 Å². The average molecular weight is 271 g/mol. The Labute approximate surface area is 113 Å². The third-order valence-electron chi connectivity index (χ3n) is 3.07. The molecule has 2 rings (SSSR count). The van der Waals surface area contributed by atoms with Crippen LogP contribution in [-0.2, 0) is 10.6 Å². The van der Waals surface area contributed by atoms with E-state index in [1.165, 1.54) is 23.3 Å². The maximum atomic E-state index is 5.97. The van der Waals surface area contributed by atoms with Gasteiger partial charge in [-0.2, -0.15) is 0 Å². The molecule has 1 unspecified atom stereocenters. The van der Waals surface area contributed by atoms with E-state index in [0.29, 0.717) is 12.0 Å². The predicted octanol–water partition coefficient (Wildman–Crippen LogP) is 4.48. The van der Waals surface area contributed by atoms with E-state index in [4.69, 9.17) is 16.3 Å². The normalized spacial score (nSPS) is 22.9. The van der Waals surface area contributed by atoms with Crippen LogP contribution in [0.3, 0.4) is 0 Å². The monoisotopic (exact) mass is 270 g/mol. The molecule has 1 fully saturated rings. The Morgan fingerprint density at radius 3 is 2.59 bits per heavy atom. The molecule has 0 saturated carbocycles. The van der Waals surface area contributed by atoms with Crippen molar-refractivity contribution < 1.29 is 4.74 Å². The van der Waals surface area contributed by atoms with Crippen molar-refractivity contribution in [2.75, 3.05) is 5.75 Å². The summed E-state index contributed by atoms with van der Waals surface area (Å²) in [6, 6.07) is 8.47. The second-order valence-electron chi connectivity index (χ2n) is 5.13. The number of thioether (sulfide) groups is 1. The molecular formula is C14H19ClOS. The molecule has 1 saturated heterocycles. The quantitative estimate of drug-likeness (QED) is 0.589. The molecule has 1 atom stereocenters. The molecule has 1 aliphatic rings. The second kappa shape index (κ2) is 5.64. The van der Waals surface area contributed by atoms with Gasteiger partial charge in [-0.1, -0.05) is 12.1 Å². The summed E-state index contributed by atoms with van der Waals surface area (Å²) in [4.78, 5) is 1.30. The van der Waals surface area contributed by atoms with E-state index < -0.39 is 0 Å². The van der Waals surface area contributed by atoms with Crippen LogP contribution in [0.2, 0.25) is 0 Å². The summed E-state index contributed by atoms with van der Waals surface area (Å²) in [7, 11) is 0. The number of halogens is 1. The molecule has 0 aromatic heterocycles. The number of rotatable bonds is 4. The maximum absolute atomic E-state index is 5.97. The van der Waals surface area contributed by atoms with Gasteiger partial charge in [0, 0.05) is 16.5 Å². The molecule has 1 aromatic carbocycles. The fraction of sp³-hybridized carbons (Fsp3) is 0.571. The Kier molecular flexibility index (Phi) is 4.40. The minimum Gasteiger partial charge on any atom is -0.371 e. The largest absolute Gasteiger partial charge is 0.371 e. The van der Waals surface area contributed by atoms with Gasteiger partial charge in [0.15, 0.2) is 0 Å². The lowest BCUT2D eigenvalue weighted by atomic mass is 10.1. The first kappa shape index (κ1) is 13.3. The highest BCUT2D eigenvalue weighted by molar-refractivity contribution is 7.99. The lowest BCUT2D eigenvalue weighted by molar-refractivity contribution is -0.00466. The summed E-state index contributed by atoms with van der Waals surface area (Å²) in [5, 5.41) is 0. The summed E-state index contributed by atoms with van der Waals surface area (Å²) in [5.41, 5.74) is 1.25. The summed E-state index contributed by atoms with van der Waals surface area (Å²) in [6.45, 7) is 4.35. The van der Waals surface area contributed by atoms with Crippen LogP contribution in [0.5, 0.6) is 0 Å². The van der Waals surface area contributed by atoms with Crippen LogP contribution in [0.15, 0.2) is 29.2 Å². The Hall–Kier alpha value is -0.180. The zero-order valence-corrected chi connectivity index (χ0v) is 12.0. The van der Waals surface area contributed by atoms with Crippen molar-refractivity contribution in [1.29, 1.82) is 0 Å². The van der Waals surface area contributed by atoms with Gasteiger partial charge in [0.05, 0.1) is 11.7 Å². The molecule has 0 N–H and O–H groups in total. The van der Waals surface area contributed by atoms with Crippen molar-refractivity contribution in [2.45, 2.75) is 49.2 Å². The van der Waals surface area contributed by atoms with Gasteiger partial charge in [-0.3, -0.25) is 0 Å². The molecule has 0 spiro atoms. The maximum Gasteiger partial charge on any atom is 0.0677 e. The Balaban J connectivity index is 1.82. The van der Waals surface area contributed by atoms with Gasteiger partial charge in [-0.05, 0) is 44.4 Å². The third-order valence-corrected chi connectivity index (χ3v) is 4.52. The Morgan fingerprint density at radius 2 is 2.06 bits per heavy atom. The van der Waals surface area contributed by atoms with Gasteiger partial charge in [0.1, 0.15) is 0 Å². The highest BCUT2D eigenvalue weighted by Gasteiger charge is 2.31. The molecular weight excluding hydrogens is 252 g/mol. The summed E-state index contributed by atoms with van der Waals surface area (Å²) < 4.78 is 5.97. The van der Waals surface area contributed by atoms with Gasteiger partial charge in [-0.15, -0.1) is 23.4 Å². The molecule has 0 amide bonds. The smallest absolute Gasteiger partial charge is 0.0677 e. The van der Waals surface area contributed by atoms with Crippen LogP contribution in [-0.4, -0.2) is 17.5 Å². The van der Waals surface area contributed by atoms with Crippen LogP contribution in [0, 0.1) is 0 Å². The van der Waals surface area contributed by atoms with Gasteiger partial charge >= 0.3 is 0 Å². The van der Waals surface area contributed by atoms with E-state index in [1.807, 2.05) is 11.8 Å².